The zero-order valence-corrected chi connectivity index (χ0v) is 10.9. The summed E-state index contributed by atoms with van der Waals surface area (Å²) in [5.41, 5.74) is 1.26. The van der Waals surface area contributed by atoms with Crippen LogP contribution in [0.15, 0.2) is 30.5 Å². The van der Waals surface area contributed by atoms with E-state index in [-0.39, 0.29) is 0 Å². The first-order valence-electron chi connectivity index (χ1n) is 6.74. The molecule has 2 aromatic rings. The third kappa shape index (κ3) is 2.36. The van der Waals surface area contributed by atoms with Crippen LogP contribution >= 0.6 is 0 Å². The highest BCUT2D eigenvalue weighted by Gasteiger charge is 2.19. The van der Waals surface area contributed by atoms with Crippen molar-refractivity contribution in [3.05, 3.63) is 30.5 Å². The van der Waals surface area contributed by atoms with Crippen LogP contribution in [0.25, 0.3) is 10.9 Å². The molecule has 1 aliphatic rings. The zero-order valence-electron chi connectivity index (χ0n) is 10.9. The van der Waals surface area contributed by atoms with E-state index in [4.69, 9.17) is 4.74 Å². The lowest BCUT2D eigenvalue weighted by Gasteiger charge is -2.07. The van der Waals surface area contributed by atoms with Crippen LogP contribution in [0.1, 0.15) is 19.3 Å². The van der Waals surface area contributed by atoms with E-state index < -0.39 is 0 Å². The molecule has 1 heterocycles. The summed E-state index contributed by atoms with van der Waals surface area (Å²) in [6.45, 7) is 2.19. The number of benzene rings is 1. The van der Waals surface area contributed by atoms with E-state index in [9.17, 15) is 0 Å². The van der Waals surface area contributed by atoms with Crippen molar-refractivity contribution in [3.8, 4) is 5.75 Å². The van der Waals surface area contributed by atoms with Crippen LogP contribution < -0.4 is 10.1 Å². The van der Waals surface area contributed by atoms with Crippen LogP contribution in [0.5, 0.6) is 5.75 Å². The van der Waals surface area contributed by atoms with Gasteiger partial charge in [0.05, 0.1) is 12.6 Å². The maximum absolute atomic E-state index is 5.38. The van der Waals surface area contributed by atoms with Crippen LogP contribution in [-0.2, 0) is 6.54 Å². The molecule has 0 atom stereocenters. The van der Waals surface area contributed by atoms with Gasteiger partial charge in [0.15, 0.2) is 0 Å². The molecule has 0 radical (unpaired) electrons. The molecule has 3 nitrogen and oxygen atoms in total. The van der Waals surface area contributed by atoms with Crippen LogP contribution in [0.3, 0.4) is 0 Å². The number of nitrogens with zero attached hydrogens (tertiary/aromatic N) is 1. The molecule has 1 aromatic heterocycles. The number of nitrogens with one attached hydrogen (secondary N) is 1. The van der Waals surface area contributed by atoms with Crippen LogP contribution in [0.4, 0.5) is 0 Å². The van der Waals surface area contributed by atoms with Crippen molar-refractivity contribution >= 4 is 10.9 Å². The van der Waals surface area contributed by atoms with Crippen molar-refractivity contribution in [1.82, 2.24) is 9.88 Å². The first-order chi connectivity index (χ1) is 8.88. The van der Waals surface area contributed by atoms with E-state index in [1.807, 2.05) is 6.07 Å². The Hall–Kier alpha value is -1.48. The minimum atomic E-state index is 0.812. The highest BCUT2D eigenvalue weighted by molar-refractivity contribution is 5.86. The van der Waals surface area contributed by atoms with E-state index in [2.05, 4.69) is 34.3 Å². The van der Waals surface area contributed by atoms with Crippen molar-refractivity contribution in [1.29, 1.82) is 0 Å². The Kier molecular flexibility index (Phi) is 3.24. The molecule has 1 aromatic carbocycles. The second-order valence-electron chi connectivity index (χ2n) is 4.98. The first-order valence-corrected chi connectivity index (χ1v) is 6.74. The summed E-state index contributed by atoms with van der Waals surface area (Å²) >= 11 is 0. The van der Waals surface area contributed by atoms with Crippen molar-refractivity contribution in [2.45, 2.75) is 31.8 Å². The number of fused-ring (bicyclic) bond motifs is 1. The van der Waals surface area contributed by atoms with E-state index in [0.717, 1.165) is 24.9 Å². The largest absolute Gasteiger partial charge is 0.496 e. The minimum absolute atomic E-state index is 0.812. The number of aromatic nitrogens is 1. The van der Waals surface area contributed by atoms with Gasteiger partial charge in [0.1, 0.15) is 5.75 Å². The summed E-state index contributed by atoms with van der Waals surface area (Å²) in [6, 6.07) is 9.18. The molecule has 0 spiro atoms. The van der Waals surface area contributed by atoms with Gasteiger partial charge in [0, 0.05) is 24.2 Å². The number of rotatable bonds is 6. The lowest BCUT2D eigenvalue weighted by atomic mass is 10.2. The lowest BCUT2D eigenvalue weighted by molar-refractivity contribution is 0.420. The van der Waals surface area contributed by atoms with Crippen molar-refractivity contribution < 1.29 is 4.74 Å². The summed E-state index contributed by atoms with van der Waals surface area (Å²) in [5, 5.41) is 4.76. The monoisotopic (exact) mass is 244 g/mol. The molecule has 0 saturated heterocycles. The molecule has 1 N–H and O–H groups in total. The van der Waals surface area contributed by atoms with Gasteiger partial charge in [-0.2, -0.15) is 0 Å². The molecular weight excluding hydrogens is 224 g/mol. The van der Waals surface area contributed by atoms with E-state index in [1.165, 1.54) is 30.2 Å². The number of aryl methyl sites for hydroxylation is 1. The number of methoxy groups -OCH3 is 1. The Bertz CT molecular complexity index is 528. The van der Waals surface area contributed by atoms with Crippen molar-refractivity contribution in [2.24, 2.45) is 0 Å². The molecule has 1 fully saturated rings. The predicted molar refractivity (Wildman–Crippen MR) is 74.1 cm³/mol. The van der Waals surface area contributed by atoms with Gasteiger partial charge < -0.3 is 14.6 Å². The number of ether oxygens (including phenoxy) is 1. The van der Waals surface area contributed by atoms with Gasteiger partial charge in [-0.3, -0.25) is 0 Å². The molecule has 0 aliphatic heterocycles. The van der Waals surface area contributed by atoms with E-state index >= 15 is 0 Å². The average Bonchev–Trinajstić information content (AvgIpc) is 3.14. The predicted octanol–water partition coefficient (Wildman–Crippen LogP) is 2.79. The molecule has 0 amide bonds. The van der Waals surface area contributed by atoms with Gasteiger partial charge >= 0.3 is 0 Å². The maximum Gasteiger partial charge on any atom is 0.128 e. The molecule has 1 saturated carbocycles. The second-order valence-corrected chi connectivity index (χ2v) is 4.98. The molecule has 3 rings (SSSR count). The fourth-order valence-corrected chi connectivity index (χ4v) is 2.41. The van der Waals surface area contributed by atoms with Gasteiger partial charge in [0.2, 0.25) is 0 Å². The van der Waals surface area contributed by atoms with Gasteiger partial charge in [-0.05, 0) is 44.0 Å². The third-order valence-corrected chi connectivity index (χ3v) is 3.58. The second kappa shape index (κ2) is 5.02. The Balaban J connectivity index is 1.67. The third-order valence-electron chi connectivity index (χ3n) is 3.58. The number of hydrogen-bond donors (Lipinski definition) is 1. The first kappa shape index (κ1) is 11.6. The van der Waals surface area contributed by atoms with Gasteiger partial charge in [0.25, 0.3) is 0 Å². The van der Waals surface area contributed by atoms with Crippen molar-refractivity contribution in [3.63, 3.8) is 0 Å². The van der Waals surface area contributed by atoms with Crippen LogP contribution in [-0.4, -0.2) is 24.3 Å². The fraction of sp³-hybridized carbons (Fsp3) is 0.467. The highest BCUT2D eigenvalue weighted by atomic mass is 16.5. The summed E-state index contributed by atoms with van der Waals surface area (Å²) in [6.07, 6.45) is 6.06. The molecule has 1 aliphatic carbocycles. The highest BCUT2D eigenvalue weighted by Crippen LogP contribution is 2.26. The molecule has 0 unspecified atom stereocenters. The van der Waals surface area contributed by atoms with Gasteiger partial charge in [-0.15, -0.1) is 0 Å². The van der Waals surface area contributed by atoms with E-state index in [0.29, 0.717) is 0 Å². The number of hydrogen-bond acceptors (Lipinski definition) is 2. The topological polar surface area (TPSA) is 26.2 Å². The minimum Gasteiger partial charge on any atom is -0.496 e. The SMILES string of the molecule is COc1cccc2c1ccn2CCCNC1CC1. The van der Waals surface area contributed by atoms with Crippen LogP contribution in [0, 0.1) is 0 Å². The quantitative estimate of drug-likeness (QED) is 0.791. The Labute approximate surface area is 108 Å². The summed E-state index contributed by atoms with van der Waals surface area (Å²) in [5.74, 6) is 0.961. The Morgan fingerprint density at radius 3 is 3.00 bits per heavy atom. The Morgan fingerprint density at radius 2 is 2.22 bits per heavy atom. The summed E-state index contributed by atoms with van der Waals surface area (Å²) in [7, 11) is 1.73. The van der Waals surface area contributed by atoms with Gasteiger partial charge in [-0.1, -0.05) is 6.07 Å². The van der Waals surface area contributed by atoms with Gasteiger partial charge in [-0.25, -0.2) is 0 Å². The smallest absolute Gasteiger partial charge is 0.128 e. The molecule has 0 bridgehead atoms. The molecular formula is C15H20N2O. The summed E-state index contributed by atoms with van der Waals surface area (Å²) < 4.78 is 7.69. The maximum atomic E-state index is 5.38. The fourth-order valence-electron chi connectivity index (χ4n) is 2.41. The lowest BCUT2D eigenvalue weighted by Crippen LogP contribution is -2.18. The standard InChI is InChI=1S/C15H20N2O/c1-18-15-5-2-4-14-13(15)8-11-17(14)10-3-9-16-12-6-7-12/h2,4-5,8,11-12,16H,3,6-7,9-10H2,1H3. The molecule has 18 heavy (non-hydrogen) atoms. The summed E-state index contributed by atoms with van der Waals surface area (Å²) in [4.78, 5) is 0. The van der Waals surface area contributed by atoms with Crippen molar-refractivity contribution in [2.75, 3.05) is 13.7 Å². The Morgan fingerprint density at radius 1 is 1.33 bits per heavy atom. The molecule has 3 heteroatoms. The van der Waals surface area contributed by atoms with Crippen LogP contribution in [0.2, 0.25) is 0 Å². The van der Waals surface area contributed by atoms with E-state index in [1.54, 1.807) is 7.11 Å². The molecule has 96 valence electrons. The normalized spacial score (nSPS) is 15.2. The zero-order chi connectivity index (χ0) is 12.4. The average molecular weight is 244 g/mol.